The van der Waals surface area contributed by atoms with Gasteiger partial charge in [0.05, 0.1) is 18.7 Å². The lowest BCUT2D eigenvalue weighted by atomic mass is 10.0. The molecule has 3 aromatic rings. The molecule has 1 aromatic heterocycles. The van der Waals surface area contributed by atoms with Crippen molar-refractivity contribution in [3.63, 3.8) is 0 Å². The summed E-state index contributed by atoms with van der Waals surface area (Å²) in [5, 5.41) is 3.56. The monoisotopic (exact) mass is 393 g/mol. The lowest BCUT2D eigenvalue weighted by Gasteiger charge is -2.10. The summed E-state index contributed by atoms with van der Waals surface area (Å²) in [4.78, 5) is 4.70. The number of hydrogen-bond donors (Lipinski definition) is 0. The maximum Gasteiger partial charge on any atom is 0.213 e. The van der Waals surface area contributed by atoms with Gasteiger partial charge in [-0.05, 0) is 47.9 Å². The second kappa shape index (κ2) is 11.6. The third-order valence-electron chi connectivity index (χ3n) is 5.40. The van der Waals surface area contributed by atoms with E-state index in [-0.39, 0.29) is 0 Å². The van der Waals surface area contributed by atoms with E-state index in [2.05, 4.69) is 50.2 Å². The first-order chi connectivity index (χ1) is 14.3. The number of aromatic nitrogens is 1. The van der Waals surface area contributed by atoms with Crippen molar-refractivity contribution in [3.8, 4) is 11.6 Å². The number of pyridine rings is 1. The highest BCUT2D eigenvalue weighted by Gasteiger charge is 2.06. The molecular formula is C26H35NO2. The predicted molar refractivity (Wildman–Crippen MR) is 123 cm³/mol. The minimum Gasteiger partial charge on any atom is -0.494 e. The number of hydrogen-bond acceptors (Lipinski definition) is 3. The van der Waals surface area contributed by atoms with E-state index < -0.39 is 0 Å². The van der Waals surface area contributed by atoms with E-state index in [1.54, 1.807) is 0 Å². The molecule has 3 rings (SSSR count). The van der Waals surface area contributed by atoms with Gasteiger partial charge in [-0.1, -0.05) is 70.9 Å². The topological polar surface area (TPSA) is 31.4 Å². The Hall–Kier alpha value is -2.29. The highest BCUT2D eigenvalue weighted by molar-refractivity contribution is 6.06. The molecule has 0 amide bonds. The Bertz CT molecular complexity index is 890. The van der Waals surface area contributed by atoms with Crippen molar-refractivity contribution in [3.05, 3.63) is 42.5 Å². The standard InChI is InChI=1S/C26H35NO2/c1-3-5-7-9-11-18-28-22-13-14-23-21(20-22)12-16-25-24(23)15-17-26(27-25)29-19-10-8-6-4-2/h12-17,20H,3-11,18-19H2,1-2H3. The maximum absolute atomic E-state index is 5.96. The Morgan fingerprint density at radius 1 is 0.655 bits per heavy atom. The van der Waals surface area contributed by atoms with Crippen LogP contribution >= 0.6 is 0 Å². The lowest BCUT2D eigenvalue weighted by molar-refractivity contribution is 0.295. The van der Waals surface area contributed by atoms with Gasteiger partial charge in [0.25, 0.3) is 0 Å². The fraction of sp³-hybridized carbons (Fsp3) is 0.500. The summed E-state index contributed by atoms with van der Waals surface area (Å²) in [6, 6.07) is 14.7. The smallest absolute Gasteiger partial charge is 0.213 e. The van der Waals surface area contributed by atoms with Crippen molar-refractivity contribution in [1.29, 1.82) is 0 Å². The van der Waals surface area contributed by atoms with E-state index in [1.807, 2.05) is 6.07 Å². The predicted octanol–water partition coefficient (Wildman–Crippen LogP) is 7.70. The minimum absolute atomic E-state index is 0.719. The molecule has 0 saturated carbocycles. The molecule has 0 N–H and O–H groups in total. The highest BCUT2D eigenvalue weighted by atomic mass is 16.5. The molecule has 0 aliphatic carbocycles. The molecule has 0 spiro atoms. The van der Waals surface area contributed by atoms with Crippen LogP contribution in [0.2, 0.25) is 0 Å². The average molecular weight is 394 g/mol. The van der Waals surface area contributed by atoms with E-state index >= 15 is 0 Å². The van der Waals surface area contributed by atoms with Gasteiger partial charge in [-0.3, -0.25) is 0 Å². The first-order valence-corrected chi connectivity index (χ1v) is 11.4. The van der Waals surface area contributed by atoms with Gasteiger partial charge >= 0.3 is 0 Å². The van der Waals surface area contributed by atoms with Crippen LogP contribution in [-0.4, -0.2) is 18.2 Å². The fourth-order valence-corrected chi connectivity index (χ4v) is 3.68. The van der Waals surface area contributed by atoms with Gasteiger partial charge in [-0.15, -0.1) is 0 Å². The van der Waals surface area contributed by atoms with Crippen LogP contribution in [0.3, 0.4) is 0 Å². The van der Waals surface area contributed by atoms with Gasteiger partial charge in [-0.25, -0.2) is 4.98 Å². The third kappa shape index (κ3) is 6.35. The van der Waals surface area contributed by atoms with Crippen molar-refractivity contribution >= 4 is 21.7 Å². The van der Waals surface area contributed by atoms with Crippen molar-refractivity contribution in [1.82, 2.24) is 4.98 Å². The summed E-state index contributed by atoms with van der Waals surface area (Å²) in [5.74, 6) is 1.67. The van der Waals surface area contributed by atoms with Crippen LogP contribution in [0.5, 0.6) is 11.6 Å². The molecule has 0 aliphatic heterocycles. The fourth-order valence-electron chi connectivity index (χ4n) is 3.68. The maximum atomic E-state index is 5.96. The van der Waals surface area contributed by atoms with E-state index in [1.165, 1.54) is 55.7 Å². The zero-order chi connectivity index (χ0) is 20.3. The van der Waals surface area contributed by atoms with Gasteiger partial charge in [0.2, 0.25) is 5.88 Å². The molecule has 3 nitrogen and oxygen atoms in total. The quantitative estimate of drug-likeness (QED) is 0.220. The van der Waals surface area contributed by atoms with Crippen molar-refractivity contribution in [2.45, 2.75) is 71.6 Å². The molecule has 1 heterocycles. The largest absolute Gasteiger partial charge is 0.494 e. The van der Waals surface area contributed by atoms with Crippen LogP contribution in [0, 0.1) is 0 Å². The van der Waals surface area contributed by atoms with E-state index in [4.69, 9.17) is 14.5 Å². The van der Waals surface area contributed by atoms with E-state index in [9.17, 15) is 0 Å². The number of nitrogens with zero attached hydrogens (tertiary/aromatic N) is 1. The molecule has 0 bridgehead atoms. The molecule has 0 radical (unpaired) electrons. The van der Waals surface area contributed by atoms with Crippen molar-refractivity contribution in [2.75, 3.05) is 13.2 Å². The van der Waals surface area contributed by atoms with Gasteiger partial charge in [-0.2, -0.15) is 0 Å². The first-order valence-electron chi connectivity index (χ1n) is 11.4. The zero-order valence-electron chi connectivity index (χ0n) is 18.1. The molecule has 0 aliphatic rings. The molecule has 0 saturated heterocycles. The summed E-state index contributed by atoms with van der Waals surface area (Å²) in [6.45, 7) is 6.00. The van der Waals surface area contributed by atoms with Gasteiger partial charge in [0.15, 0.2) is 0 Å². The van der Waals surface area contributed by atoms with Crippen LogP contribution in [0.4, 0.5) is 0 Å². The Morgan fingerprint density at radius 2 is 1.34 bits per heavy atom. The summed E-state index contributed by atoms with van der Waals surface area (Å²) in [5.41, 5.74) is 0.980. The van der Waals surface area contributed by atoms with Gasteiger partial charge in [0, 0.05) is 11.5 Å². The number of fused-ring (bicyclic) bond motifs is 3. The number of unbranched alkanes of at least 4 members (excludes halogenated alkanes) is 7. The molecule has 156 valence electrons. The van der Waals surface area contributed by atoms with Crippen molar-refractivity contribution < 1.29 is 9.47 Å². The van der Waals surface area contributed by atoms with E-state index in [0.29, 0.717) is 0 Å². The molecule has 2 aromatic carbocycles. The Morgan fingerprint density at radius 3 is 2.14 bits per heavy atom. The molecule has 0 fully saturated rings. The summed E-state index contributed by atoms with van der Waals surface area (Å²) in [7, 11) is 0. The zero-order valence-corrected chi connectivity index (χ0v) is 18.1. The molecule has 0 atom stereocenters. The number of benzene rings is 2. The molecule has 0 unspecified atom stereocenters. The Kier molecular flexibility index (Phi) is 8.60. The SMILES string of the molecule is CCCCCCCOc1ccc2c(ccc3nc(OCCCCCC)ccc32)c1. The average Bonchev–Trinajstić information content (AvgIpc) is 2.75. The summed E-state index contributed by atoms with van der Waals surface area (Å²) >= 11 is 0. The van der Waals surface area contributed by atoms with Gasteiger partial charge < -0.3 is 9.47 Å². The van der Waals surface area contributed by atoms with Crippen molar-refractivity contribution in [2.24, 2.45) is 0 Å². The van der Waals surface area contributed by atoms with Crippen LogP contribution in [0.15, 0.2) is 42.5 Å². The molecular weight excluding hydrogens is 358 g/mol. The number of ether oxygens (including phenoxy) is 2. The Labute approximate surface area is 175 Å². The second-order valence-electron chi connectivity index (χ2n) is 7.84. The van der Waals surface area contributed by atoms with E-state index in [0.717, 1.165) is 48.6 Å². The third-order valence-corrected chi connectivity index (χ3v) is 5.40. The van der Waals surface area contributed by atoms with Crippen LogP contribution in [0.1, 0.15) is 71.6 Å². The van der Waals surface area contributed by atoms with Crippen LogP contribution < -0.4 is 9.47 Å². The normalized spacial score (nSPS) is 11.2. The van der Waals surface area contributed by atoms with Crippen LogP contribution in [0.25, 0.3) is 21.7 Å². The lowest BCUT2D eigenvalue weighted by Crippen LogP contribution is -1.99. The highest BCUT2D eigenvalue weighted by Crippen LogP contribution is 2.29. The van der Waals surface area contributed by atoms with Crippen LogP contribution in [-0.2, 0) is 0 Å². The number of rotatable bonds is 13. The first kappa shape index (κ1) is 21.4. The Balaban J connectivity index is 1.61. The molecule has 3 heteroatoms. The van der Waals surface area contributed by atoms with Gasteiger partial charge in [0.1, 0.15) is 5.75 Å². The molecule has 29 heavy (non-hydrogen) atoms. The second-order valence-corrected chi connectivity index (χ2v) is 7.84. The minimum atomic E-state index is 0.719. The summed E-state index contributed by atoms with van der Waals surface area (Å²) in [6.07, 6.45) is 11.1. The summed E-state index contributed by atoms with van der Waals surface area (Å²) < 4.78 is 11.8.